The number of fused-ring (bicyclic) bond motifs is 1. The zero-order chi connectivity index (χ0) is 22.9. The molecule has 169 valence electrons. The van der Waals surface area contributed by atoms with Crippen molar-refractivity contribution in [3.8, 4) is 5.75 Å². The summed E-state index contributed by atoms with van der Waals surface area (Å²) in [5.41, 5.74) is 2.16. The van der Waals surface area contributed by atoms with Gasteiger partial charge in [0.1, 0.15) is 11.5 Å². The zero-order valence-corrected chi connectivity index (χ0v) is 18.9. The Bertz CT molecular complexity index is 1150. The largest absolute Gasteiger partial charge is 0.457 e. The highest BCUT2D eigenvalue weighted by atomic mass is 32.2. The molecule has 2 heterocycles. The number of ether oxygens (including phenoxy) is 1. The van der Waals surface area contributed by atoms with E-state index in [4.69, 9.17) is 4.74 Å². The van der Waals surface area contributed by atoms with Crippen LogP contribution in [0.15, 0.2) is 60.3 Å². The van der Waals surface area contributed by atoms with Gasteiger partial charge in [-0.15, -0.1) is 0 Å². The number of amides is 1. The molecule has 1 radical (unpaired) electrons. The Kier molecular flexibility index (Phi) is 6.35. The molecule has 1 aromatic carbocycles. The van der Waals surface area contributed by atoms with E-state index in [1.165, 1.54) is 11.0 Å². The Morgan fingerprint density at radius 2 is 2.06 bits per heavy atom. The van der Waals surface area contributed by atoms with Crippen molar-refractivity contribution in [2.24, 2.45) is 5.92 Å². The standard InChI is InChI=1S/C24H26FN2O4S/c1-3-32(29,30)15-16-9-10-21(31-22-8-6-4-5-7-20(22)25)18(13-16)19-14-27(2)24(28)23-17(19)11-12-26-23/h4-10,13-14,17,23,26H,3,11-12,15H2,1-2H3. The van der Waals surface area contributed by atoms with E-state index < -0.39 is 15.7 Å². The number of sulfone groups is 1. The van der Waals surface area contributed by atoms with Crippen molar-refractivity contribution in [2.45, 2.75) is 25.1 Å². The summed E-state index contributed by atoms with van der Waals surface area (Å²) in [7, 11) is -1.55. The van der Waals surface area contributed by atoms with Crippen LogP contribution in [-0.2, 0) is 20.4 Å². The molecule has 1 aliphatic carbocycles. The first-order valence-electron chi connectivity index (χ1n) is 10.6. The van der Waals surface area contributed by atoms with Crippen LogP contribution in [0.2, 0.25) is 0 Å². The molecule has 32 heavy (non-hydrogen) atoms. The fourth-order valence-electron chi connectivity index (χ4n) is 4.20. The number of hydrogen-bond donors (Lipinski definition) is 1. The van der Waals surface area contributed by atoms with Crippen LogP contribution in [0.25, 0.3) is 5.57 Å². The molecule has 2 unspecified atom stereocenters. The lowest BCUT2D eigenvalue weighted by molar-refractivity contribution is -0.130. The first-order valence-corrected chi connectivity index (χ1v) is 12.4. The van der Waals surface area contributed by atoms with Crippen LogP contribution in [0.3, 0.4) is 0 Å². The number of rotatable bonds is 6. The van der Waals surface area contributed by atoms with Crippen molar-refractivity contribution in [1.29, 1.82) is 0 Å². The third-order valence-electron chi connectivity index (χ3n) is 5.92. The minimum Gasteiger partial charge on any atom is -0.457 e. The number of halogens is 1. The number of nitrogens with zero attached hydrogens (tertiary/aromatic N) is 1. The maximum Gasteiger partial charge on any atom is 0.244 e. The first kappa shape index (κ1) is 22.5. The van der Waals surface area contributed by atoms with Gasteiger partial charge < -0.3 is 15.0 Å². The molecule has 3 aliphatic rings. The maximum atomic E-state index is 14.5. The summed E-state index contributed by atoms with van der Waals surface area (Å²) in [6, 6.07) is 4.81. The number of carbonyl (C=O) groups is 1. The highest BCUT2D eigenvalue weighted by molar-refractivity contribution is 7.90. The van der Waals surface area contributed by atoms with Crippen molar-refractivity contribution in [3.05, 3.63) is 77.8 Å². The average molecular weight is 458 g/mol. The number of nitrogens with one attached hydrogen (secondary N) is 1. The minimum absolute atomic E-state index is 0.00966. The van der Waals surface area contributed by atoms with Gasteiger partial charge in [-0.25, -0.2) is 12.8 Å². The van der Waals surface area contributed by atoms with E-state index in [0.717, 1.165) is 12.0 Å². The van der Waals surface area contributed by atoms with Gasteiger partial charge in [0.2, 0.25) is 5.91 Å². The number of likely N-dealkylation sites (N-methyl/N-ethyl adjacent to an activating group) is 1. The molecule has 1 saturated heterocycles. The summed E-state index contributed by atoms with van der Waals surface area (Å²) in [6.45, 7) is 2.32. The number of allylic oxidation sites excluding steroid dienone is 5. The van der Waals surface area contributed by atoms with Gasteiger partial charge in [0, 0.05) is 30.5 Å². The van der Waals surface area contributed by atoms with Gasteiger partial charge in [0.05, 0.1) is 18.2 Å². The molecule has 0 aromatic heterocycles. The second-order valence-electron chi connectivity index (χ2n) is 8.09. The summed E-state index contributed by atoms with van der Waals surface area (Å²) >= 11 is 0. The van der Waals surface area contributed by atoms with Crippen LogP contribution in [0.4, 0.5) is 4.39 Å². The second kappa shape index (κ2) is 9.03. The predicted octanol–water partition coefficient (Wildman–Crippen LogP) is 3.30. The van der Waals surface area contributed by atoms with Crippen molar-refractivity contribution >= 4 is 21.3 Å². The Morgan fingerprint density at radius 1 is 1.25 bits per heavy atom. The monoisotopic (exact) mass is 457 g/mol. The minimum atomic E-state index is -3.24. The van der Waals surface area contributed by atoms with Gasteiger partial charge in [-0.05, 0) is 42.3 Å². The lowest BCUT2D eigenvalue weighted by Crippen LogP contribution is -2.46. The lowest BCUT2D eigenvalue weighted by Gasteiger charge is -2.32. The van der Waals surface area contributed by atoms with Gasteiger partial charge >= 0.3 is 0 Å². The van der Waals surface area contributed by atoms with E-state index in [0.29, 0.717) is 23.4 Å². The molecule has 1 amide bonds. The topological polar surface area (TPSA) is 75.7 Å². The third kappa shape index (κ3) is 4.56. The highest BCUT2D eigenvalue weighted by Crippen LogP contribution is 2.41. The zero-order valence-electron chi connectivity index (χ0n) is 18.0. The van der Waals surface area contributed by atoms with Crippen LogP contribution < -0.4 is 10.1 Å². The van der Waals surface area contributed by atoms with Gasteiger partial charge in [0.25, 0.3) is 0 Å². The van der Waals surface area contributed by atoms with Crippen molar-refractivity contribution in [2.75, 3.05) is 19.3 Å². The van der Waals surface area contributed by atoms with E-state index >= 15 is 0 Å². The number of carbonyl (C=O) groups excluding carboxylic acids is 1. The van der Waals surface area contributed by atoms with Crippen LogP contribution >= 0.6 is 0 Å². The molecule has 0 spiro atoms. The van der Waals surface area contributed by atoms with Gasteiger partial charge in [-0.1, -0.05) is 31.2 Å². The SMILES string of the molecule is CCS(=O)(=O)Cc1ccc(OC2=C(F)C=CC=C[CH]2)c(C2=CN(C)C(=O)C3NCCC23)c1. The van der Waals surface area contributed by atoms with Crippen LogP contribution in [0, 0.1) is 12.3 Å². The molecule has 4 rings (SSSR count). The molecule has 6 nitrogen and oxygen atoms in total. The Hall–Kier alpha value is -2.71. The second-order valence-corrected chi connectivity index (χ2v) is 10.4. The summed E-state index contributed by atoms with van der Waals surface area (Å²) in [4.78, 5) is 14.1. The third-order valence-corrected chi connectivity index (χ3v) is 7.57. The van der Waals surface area contributed by atoms with Crippen molar-refractivity contribution in [3.63, 3.8) is 0 Å². The molecule has 0 saturated carbocycles. The van der Waals surface area contributed by atoms with Crippen LogP contribution in [0.1, 0.15) is 24.5 Å². The van der Waals surface area contributed by atoms with E-state index in [2.05, 4.69) is 5.32 Å². The summed E-state index contributed by atoms with van der Waals surface area (Å²) in [5, 5.41) is 3.25. The highest BCUT2D eigenvalue weighted by Gasteiger charge is 2.41. The fourth-order valence-corrected chi connectivity index (χ4v) is 5.09. The first-order chi connectivity index (χ1) is 15.3. The summed E-state index contributed by atoms with van der Waals surface area (Å²) in [6.07, 6.45) is 10.4. The smallest absolute Gasteiger partial charge is 0.244 e. The van der Waals surface area contributed by atoms with E-state index in [-0.39, 0.29) is 35.1 Å². The average Bonchev–Trinajstić information content (AvgIpc) is 3.17. The molecular weight excluding hydrogens is 431 g/mol. The summed E-state index contributed by atoms with van der Waals surface area (Å²) < 4.78 is 44.9. The molecule has 1 aromatic rings. The molecule has 0 bridgehead atoms. The molecular formula is C24H26FN2O4S. The van der Waals surface area contributed by atoms with Crippen molar-refractivity contribution in [1.82, 2.24) is 10.2 Å². The normalized spacial score (nSPS) is 23.3. The van der Waals surface area contributed by atoms with Gasteiger partial charge in [0.15, 0.2) is 15.7 Å². The van der Waals surface area contributed by atoms with Gasteiger partial charge in [-0.2, -0.15) is 0 Å². The molecule has 1 fully saturated rings. The molecule has 2 atom stereocenters. The Labute approximate surface area is 188 Å². The van der Waals surface area contributed by atoms with E-state index in [9.17, 15) is 17.6 Å². The molecule has 8 heteroatoms. The fraction of sp³-hybridized carbons (Fsp3) is 0.333. The predicted molar refractivity (Wildman–Crippen MR) is 122 cm³/mol. The van der Waals surface area contributed by atoms with E-state index in [1.807, 2.05) is 0 Å². The van der Waals surface area contributed by atoms with Crippen LogP contribution in [0.5, 0.6) is 5.75 Å². The van der Waals surface area contributed by atoms with E-state index in [1.54, 1.807) is 63.0 Å². The Morgan fingerprint density at radius 3 is 2.84 bits per heavy atom. The molecule has 1 N–H and O–H groups in total. The van der Waals surface area contributed by atoms with Gasteiger partial charge in [-0.3, -0.25) is 4.79 Å². The maximum absolute atomic E-state index is 14.5. The lowest BCUT2D eigenvalue weighted by atomic mass is 9.84. The Balaban J connectivity index is 1.80. The summed E-state index contributed by atoms with van der Waals surface area (Å²) in [5.74, 6) is -0.176. The van der Waals surface area contributed by atoms with Crippen molar-refractivity contribution < 1.29 is 22.3 Å². The van der Waals surface area contributed by atoms with Crippen LogP contribution in [-0.4, -0.2) is 44.6 Å². The molecule has 2 aliphatic heterocycles. The number of benzene rings is 1. The number of hydrogen-bond acceptors (Lipinski definition) is 5. The quantitative estimate of drug-likeness (QED) is 0.710.